The number of nitrogens with one attached hydrogen (secondary N) is 1. The highest BCUT2D eigenvalue weighted by Gasteiger charge is 2.38. The summed E-state index contributed by atoms with van der Waals surface area (Å²) in [6.07, 6.45) is 0.223. The molecule has 4 rings (SSSR count). The number of morpholine rings is 1. The molecule has 0 aliphatic carbocycles. The van der Waals surface area contributed by atoms with Crippen LogP contribution in [0.15, 0.2) is 30.5 Å². The zero-order valence-electron chi connectivity index (χ0n) is 19.7. The van der Waals surface area contributed by atoms with E-state index < -0.39 is 23.7 Å². The lowest BCUT2D eigenvalue weighted by Crippen LogP contribution is -2.47. The molecule has 1 aromatic carbocycles. The first kappa shape index (κ1) is 24.3. The second-order valence-electron chi connectivity index (χ2n) is 9.44. The predicted molar refractivity (Wildman–Crippen MR) is 129 cm³/mol. The largest absolute Gasteiger partial charge is 0.443 e. The number of fused-ring (bicyclic) bond motifs is 1. The average molecular weight is 489 g/mol. The number of benzene rings is 1. The van der Waals surface area contributed by atoms with E-state index in [9.17, 15) is 14.7 Å². The number of anilines is 3. The van der Waals surface area contributed by atoms with E-state index in [0.717, 1.165) is 10.6 Å². The van der Waals surface area contributed by atoms with Gasteiger partial charge in [0, 0.05) is 23.7 Å². The Hall–Kier alpha value is -2.88. The van der Waals surface area contributed by atoms with Gasteiger partial charge in [-0.1, -0.05) is 11.6 Å². The fourth-order valence-corrected chi connectivity index (χ4v) is 4.16. The van der Waals surface area contributed by atoms with Crippen LogP contribution in [0.3, 0.4) is 0 Å². The Labute approximate surface area is 203 Å². The molecule has 2 aromatic rings. The van der Waals surface area contributed by atoms with E-state index in [0.29, 0.717) is 47.4 Å². The fraction of sp³-hybridized carbons (Fsp3) is 0.458. The highest BCUT2D eigenvalue weighted by molar-refractivity contribution is 6.32. The second kappa shape index (κ2) is 9.40. The number of aromatic nitrogens is 1. The van der Waals surface area contributed by atoms with E-state index in [1.54, 1.807) is 46.0 Å². The number of aliphatic hydroxyl groups excluding tert-OH is 1. The molecule has 0 radical (unpaired) electrons. The van der Waals surface area contributed by atoms with E-state index >= 15 is 0 Å². The Kier molecular flexibility index (Phi) is 6.71. The summed E-state index contributed by atoms with van der Waals surface area (Å²) in [6.45, 7) is 8.81. The van der Waals surface area contributed by atoms with E-state index in [-0.39, 0.29) is 12.6 Å². The summed E-state index contributed by atoms with van der Waals surface area (Å²) in [6, 6.07) is 7.12. The lowest BCUT2D eigenvalue weighted by atomic mass is 10.1. The molecule has 0 spiro atoms. The van der Waals surface area contributed by atoms with Crippen molar-refractivity contribution in [3.63, 3.8) is 0 Å². The first-order valence-corrected chi connectivity index (χ1v) is 11.5. The Morgan fingerprint density at radius 3 is 2.74 bits per heavy atom. The van der Waals surface area contributed by atoms with Crippen molar-refractivity contribution < 1.29 is 24.2 Å². The number of hydrogen-bond donors (Lipinski definition) is 2. The van der Waals surface area contributed by atoms with Gasteiger partial charge < -0.3 is 24.8 Å². The van der Waals surface area contributed by atoms with Gasteiger partial charge >= 0.3 is 6.09 Å². The minimum absolute atomic E-state index is 0.0469. The van der Waals surface area contributed by atoms with Crippen molar-refractivity contribution in [1.29, 1.82) is 0 Å². The molecule has 1 aromatic heterocycles. The molecule has 9 nitrogen and oxygen atoms in total. The minimum atomic E-state index is -0.724. The van der Waals surface area contributed by atoms with Gasteiger partial charge in [0.2, 0.25) is 0 Å². The molecule has 1 fully saturated rings. The number of ether oxygens (including phenoxy) is 2. The van der Waals surface area contributed by atoms with Gasteiger partial charge in [-0.15, -0.1) is 0 Å². The zero-order chi connectivity index (χ0) is 24.6. The number of pyridine rings is 1. The molecular formula is C24H29ClN4O5. The van der Waals surface area contributed by atoms with Crippen molar-refractivity contribution >= 4 is 40.8 Å². The molecule has 0 saturated carbocycles. The van der Waals surface area contributed by atoms with Crippen molar-refractivity contribution in [3.8, 4) is 0 Å². The van der Waals surface area contributed by atoms with Crippen molar-refractivity contribution in [2.75, 3.05) is 29.9 Å². The number of aliphatic hydroxyl groups is 1. The standard InChI is InChI=1S/C24H29ClN4O5/c1-14(30)19-13-28(9-10-33-19)15-5-8-20(26-11-15)27-18-7-6-17(25)16-12-29(22(31)21(16)18)23(32)34-24(2,3)4/h5-8,11,14,19,30H,9-10,12-13H2,1-4H3,(H,26,27). The Bertz CT molecular complexity index is 1080. The van der Waals surface area contributed by atoms with E-state index in [1.807, 2.05) is 12.1 Å². The van der Waals surface area contributed by atoms with Crippen molar-refractivity contribution in [2.45, 2.75) is 52.0 Å². The minimum Gasteiger partial charge on any atom is -0.443 e. The third kappa shape index (κ3) is 5.11. The average Bonchev–Trinajstić information content (AvgIpc) is 3.14. The number of imide groups is 1. The topological polar surface area (TPSA) is 104 Å². The molecule has 182 valence electrons. The first-order valence-electron chi connectivity index (χ1n) is 11.2. The molecule has 2 unspecified atom stereocenters. The van der Waals surface area contributed by atoms with Gasteiger partial charge in [-0.3, -0.25) is 4.79 Å². The molecule has 10 heteroatoms. The number of halogens is 1. The Balaban J connectivity index is 1.52. The van der Waals surface area contributed by atoms with Crippen LogP contribution in [-0.4, -0.2) is 64.5 Å². The Morgan fingerprint density at radius 2 is 2.09 bits per heavy atom. The van der Waals surface area contributed by atoms with E-state index in [1.165, 1.54) is 0 Å². The molecule has 2 atom stereocenters. The van der Waals surface area contributed by atoms with Crippen LogP contribution >= 0.6 is 11.6 Å². The van der Waals surface area contributed by atoms with Crippen LogP contribution in [0.4, 0.5) is 22.0 Å². The predicted octanol–water partition coefficient (Wildman–Crippen LogP) is 3.96. The molecule has 2 amide bonds. The molecule has 2 N–H and O–H groups in total. The van der Waals surface area contributed by atoms with Gasteiger partial charge in [0.25, 0.3) is 5.91 Å². The molecule has 3 heterocycles. The lowest BCUT2D eigenvalue weighted by Gasteiger charge is -2.35. The van der Waals surface area contributed by atoms with Crippen LogP contribution < -0.4 is 10.2 Å². The van der Waals surface area contributed by atoms with Crippen molar-refractivity contribution in [1.82, 2.24) is 9.88 Å². The maximum atomic E-state index is 13.1. The lowest BCUT2D eigenvalue weighted by molar-refractivity contribution is -0.0364. The first-order chi connectivity index (χ1) is 16.0. The summed E-state index contributed by atoms with van der Waals surface area (Å²) >= 11 is 6.35. The highest BCUT2D eigenvalue weighted by atomic mass is 35.5. The third-order valence-corrected chi connectivity index (χ3v) is 6.01. The summed E-state index contributed by atoms with van der Waals surface area (Å²) in [5.41, 5.74) is 1.59. The fourth-order valence-electron chi connectivity index (χ4n) is 3.94. The molecule has 2 aliphatic heterocycles. The van der Waals surface area contributed by atoms with E-state index in [4.69, 9.17) is 21.1 Å². The van der Waals surface area contributed by atoms with Crippen molar-refractivity contribution in [2.24, 2.45) is 0 Å². The normalized spacial score (nSPS) is 19.1. The maximum Gasteiger partial charge on any atom is 0.417 e. The third-order valence-electron chi connectivity index (χ3n) is 5.65. The quantitative estimate of drug-likeness (QED) is 0.666. The van der Waals surface area contributed by atoms with Gasteiger partial charge in [-0.05, 0) is 52.0 Å². The van der Waals surface area contributed by atoms with Gasteiger partial charge in [0.05, 0.1) is 42.4 Å². The van der Waals surface area contributed by atoms with Crippen molar-refractivity contribution in [3.05, 3.63) is 46.6 Å². The number of carbonyl (C=O) groups excluding carboxylic acids is 2. The molecule has 34 heavy (non-hydrogen) atoms. The zero-order valence-corrected chi connectivity index (χ0v) is 20.4. The number of nitrogens with zero attached hydrogens (tertiary/aromatic N) is 3. The van der Waals surface area contributed by atoms with Crippen LogP contribution in [0.2, 0.25) is 5.02 Å². The van der Waals surface area contributed by atoms with E-state index in [2.05, 4.69) is 15.2 Å². The molecular weight excluding hydrogens is 460 g/mol. The van der Waals surface area contributed by atoms with Gasteiger partial charge in [0.15, 0.2) is 0 Å². The number of amides is 2. The summed E-state index contributed by atoms with van der Waals surface area (Å²) in [4.78, 5) is 33.3. The highest BCUT2D eigenvalue weighted by Crippen LogP contribution is 2.36. The molecule has 0 bridgehead atoms. The van der Waals surface area contributed by atoms with Gasteiger partial charge in [0.1, 0.15) is 17.5 Å². The number of hydrogen-bond acceptors (Lipinski definition) is 8. The summed E-state index contributed by atoms with van der Waals surface area (Å²) in [5.74, 6) is 0.0699. The van der Waals surface area contributed by atoms with Crippen LogP contribution in [0.5, 0.6) is 0 Å². The number of rotatable bonds is 4. The smallest absolute Gasteiger partial charge is 0.417 e. The van der Waals surface area contributed by atoms with Crippen LogP contribution in [-0.2, 0) is 16.0 Å². The maximum absolute atomic E-state index is 13.1. The summed E-state index contributed by atoms with van der Waals surface area (Å²) in [5, 5.41) is 13.4. The Morgan fingerprint density at radius 1 is 1.32 bits per heavy atom. The molecule has 1 saturated heterocycles. The van der Waals surface area contributed by atoms with Crippen LogP contribution in [0.1, 0.15) is 43.6 Å². The SMILES string of the molecule is CC(O)C1CN(c2ccc(Nc3ccc(Cl)c4c3C(=O)N(C(=O)OC(C)(C)C)C4)nc2)CCO1. The summed E-state index contributed by atoms with van der Waals surface area (Å²) < 4.78 is 11.0. The van der Waals surface area contributed by atoms with Gasteiger partial charge in [-0.2, -0.15) is 0 Å². The van der Waals surface area contributed by atoms with Crippen LogP contribution in [0.25, 0.3) is 0 Å². The summed E-state index contributed by atoms with van der Waals surface area (Å²) in [7, 11) is 0. The number of carbonyl (C=O) groups is 2. The van der Waals surface area contributed by atoms with Crippen LogP contribution in [0, 0.1) is 0 Å². The van der Waals surface area contributed by atoms with Gasteiger partial charge in [-0.25, -0.2) is 14.7 Å². The second-order valence-corrected chi connectivity index (χ2v) is 9.85. The monoisotopic (exact) mass is 488 g/mol. The molecule has 2 aliphatic rings.